The number of hydrogen-bond donors (Lipinski definition) is 1. The number of thiazole rings is 1. The summed E-state index contributed by atoms with van der Waals surface area (Å²) < 4.78 is 7.06. The molecule has 1 aromatic heterocycles. The molecule has 1 fully saturated rings. The van der Waals surface area contributed by atoms with Crippen LogP contribution in [0.15, 0.2) is 64.6 Å². The molecule has 1 unspecified atom stereocenters. The molecular formula is C28H23BrN2O4S. The molecule has 3 aromatic carbocycles. The van der Waals surface area contributed by atoms with Crippen molar-refractivity contribution >= 4 is 60.1 Å². The van der Waals surface area contributed by atoms with Crippen molar-refractivity contribution < 1.29 is 19.4 Å². The van der Waals surface area contributed by atoms with Gasteiger partial charge in [0.15, 0.2) is 5.13 Å². The minimum Gasteiger partial charge on any atom is -0.507 e. The maximum absolute atomic E-state index is 13.5. The Kier molecular flexibility index (Phi) is 6.18. The predicted octanol–water partition coefficient (Wildman–Crippen LogP) is 6.62. The number of ether oxygens (including phenoxy) is 1. The number of halogens is 1. The molecule has 0 saturated carbocycles. The van der Waals surface area contributed by atoms with E-state index in [0.29, 0.717) is 22.0 Å². The van der Waals surface area contributed by atoms with Crippen molar-refractivity contribution in [3.8, 4) is 5.75 Å². The third-order valence-electron chi connectivity index (χ3n) is 6.30. The molecule has 1 amide bonds. The van der Waals surface area contributed by atoms with Crippen molar-refractivity contribution in [2.45, 2.75) is 26.8 Å². The number of anilines is 1. The van der Waals surface area contributed by atoms with Crippen LogP contribution in [0.3, 0.4) is 0 Å². The number of benzene rings is 3. The lowest BCUT2D eigenvalue weighted by Crippen LogP contribution is -2.29. The lowest BCUT2D eigenvalue weighted by atomic mass is 9.95. The molecule has 0 aliphatic carbocycles. The number of aromatic nitrogens is 1. The highest BCUT2D eigenvalue weighted by molar-refractivity contribution is 9.10. The first-order valence-corrected chi connectivity index (χ1v) is 12.9. The first-order chi connectivity index (χ1) is 17.2. The van der Waals surface area contributed by atoms with Gasteiger partial charge in [0, 0.05) is 10.0 Å². The lowest BCUT2D eigenvalue weighted by molar-refractivity contribution is -0.132. The highest BCUT2D eigenvalue weighted by Crippen LogP contribution is 2.45. The van der Waals surface area contributed by atoms with Gasteiger partial charge in [0.1, 0.15) is 11.5 Å². The van der Waals surface area contributed by atoms with Crippen molar-refractivity contribution in [3.63, 3.8) is 0 Å². The smallest absolute Gasteiger partial charge is 0.301 e. The first kappa shape index (κ1) is 24.2. The summed E-state index contributed by atoms with van der Waals surface area (Å²) in [4.78, 5) is 33.1. The third kappa shape index (κ3) is 4.00. The molecule has 2 heterocycles. The van der Waals surface area contributed by atoms with Gasteiger partial charge in [-0.3, -0.25) is 14.5 Å². The highest BCUT2D eigenvalue weighted by Gasteiger charge is 2.48. The second kappa shape index (κ2) is 9.19. The minimum absolute atomic E-state index is 0.0230. The van der Waals surface area contributed by atoms with Gasteiger partial charge in [0.05, 0.1) is 28.9 Å². The quantitative estimate of drug-likeness (QED) is 0.172. The van der Waals surface area contributed by atoms with E-state index in [-0.39, 0.29) is 11.3 Å². The number of rotatable bonds is 4. The Bertz CT molecular complexity index is 1590. The molecule has 1 atom stereocenters. The number of carbonyl (C=O) groups is 2. The van der Waals surface area contributed by atoms with E-state index in [1.54, 1.807) is 25.3 Å². The Balaban J connectivity index is 1.74. The van der Waals surface area contributed by atoms with Crippen LogP contribution in [-0.4, -0.2) is 28.9 Å². The Labute approximate surface area is 221 Å². The average molecular weight is 563 g/mol. The summed E-state index contributed by atoms with van der Waals surface area (Å²) in [5.41, 5.74) is 4.82. The van der Waals surface area contributed by atoms with Gasteiger partial charge in [0.25, 0.3) is 5.78 Å². The normalized spacial score (nSPS) is 17.2. The monoisotopic (exact) mass is 562 g/mol. The molecule has 6 nitrogen and oxygen atoms in total. The van der Waals surface area contributed by atoms with E-state index in [9.17, 15) is 14.7 Å². The number of aryl methyl sites for hydroxylation is 3. The molecule has 182 valence electrons. The van der Waals surface area contributed by atoms with Gasteiger partial charge < -0.3 is 9.84 Å². The predicted molar refractivity (Wildman–Crippen MR) is 146 cm³/mol. The highest BCUT2D eigenvalue weighted by atomic mass is 79.9. The summed E-state index contributed by atoms with van der Waals surface area (Å²) in [6.45, 7) is 5.84. The van der Waals surface area contributed by atoms with Gasteiger partial charge in [-0.05, 0) is 79.4 Å². The number of carbonyl (C=O) groups excluding carboxylic acids is 2. The van der Waals surface area contributed by atoms with Gasteiger partial charge >= 0.3 is 5.91 Å². The Morgan fingerprint density at radius 3 is 2.53 bits per heavy atom. The molecule has 36 heavy (non-hydrogen) atoms. The number of methoxy groups -OCH3 is 1. The summed E-state index contributed by atoms with van der Waals surface area (Å²) in [7, 11) is 1.57. The number of nitrogens with zero attached hydrogens (tertiary/aromatic N) is 2. The molecule has 1 aliphatic rings. The molecule has 0 spiro atoms. The lowest BCUT2D eigenvalue weighted by Gasteiger charge is -2.23. The van der Waals surface area contributed by atoms with Crippen LogP contribution in [0.1, 0.15) is 33.9 Å². The Morgan fingerprint density at radius 2 is 1.83 bits per heavy atom. The van der Waals surface area contributed by atoms with Gasteiger partial charge in [-0.15, -0.1) is 0 Å². The van der Waals surface area contributed by atoms with Crippen LogP contribution < -0.4 is 9.64 Å². The molecule has 5 rings (SSSR count). The van der Waals surface area contributed by atoms with Crippen molar-refractivity contribution in [2.75, 3.05) is 12.0 Å². The average Bonchev–Trinajstić information content (AvgIpc) is 3.37. The van der Waals surface area contributed by atoms with Crippen molar-refractivity contribution in [3.05, 3.63) is 92.5 Å². The van der Waals surface area contributed by atoms with Crippen molar-refractivity contribution in [1.82, 2.24) is 4.98 Å². The molecular weight excluding hydrogens is 540 g/mol. The second-order valence-electron chi connectivity index (χ2n) is 8.83. The minimum atomic E-state index is -0.841. The molecule has 1 saturated heterocycles. The van der Waals surface area contributed by atoms with Gasteiger partial charge in [-0.1, -0.05) is 45.5 Å². The van der Waals surface area contributed by atoms with E-state index in [0.717, 1.165) is 31.4 Å². The maximum atomic E-state index is 13.5. The zero-order chi connectivity index (χ0) is 25.7. The number of amides is 1. The van der Waals surface area contributed by atoms with Gasteiger partial charge in [0.2, 0.25) is 0 Å². The van der Waals surface area contributed by atoms with E-state index in [1.807, 2.05) is 57.2 Å². The van der Waals surface area contributed by atoms with Crippen LogP contribution in [0.2, 0.25) is 0 Å². The van der Waals surface area contributed by atoms with E-state index in [4.69, 9.17) is 9.72 Å². The molecule has 1 aliphatic heterocycles. The summed E-state index contributed by atoms with van der Waals surface area (Å²) in [6.07, 6.45) is 0. The number of ketones is 1. The van der Waals surface area contributed by atoms with Crippen LogP contribution in [0.4, 0.5) is 5.13 Å². The first-order valence-electron chi connectivity index (χ1n) is 11.3. The number of hydrogen-bond acceptors (Lipinski definition) is 6. The van der Waals surface area contributed by atoms with Crippen molar-refractivity contribution in [1.29, 1.82) is 0 Å². The molecule has 0 radical (unpaired) electrons. The number of Topliss-reactive ketones (excluding diaryl/α,β-unsaturated/α-hetero) is 1. The summed E-state index contributed by atoms with van der Waals surface area (Å²) in [5.74, 6) is -1.05. The van der Waals surface area contributed by atoms with E-state index in [2.05, 4.69) is 15.9 Å². The fraction of sp³-hybridized carbons (Fsp3) is 0.179. The largest absolute Gasteiger partial charge is 0.507 e. The van der Waals surface area contributed by atoms with E-state index in [1.165, 1.54) is 16.2 Å². The fourth-order valence-corrected chi connectivity index (χ4v) is 6.25. The molecule has 8 heteroatoms. The van der Waals surface area contributed by atoms with Crippen LogP contribution in [-0.2, 0) is 9.59 Å². The summed E-state index contributed by atoms with van der Waals surface area (Å²) >= 11 is 4.85. The molecule has 4 aromatic rings. The SMILES string of the molecule is COc1ccc(C(O)=C2C(=O)C(=O)N(c3nc4c(C)cc(C)cc4s3)C2c2cccc(Br)c2)cc1C. The van der Waals surface area contributed by atoms with Crippen LogP contribution in [0, 0.1) is 20.8 Å². The number of aliphatic hydroxyl groups is 1. The maximum Gasteiger partial charge on any atom is 0.301 e. The fourth-order valence-electron chi connectivity index (χ4n) is 4.67. The van der Waals surface area contributed by atoms with E-state index < -0.39 is 17.7 Å². The van der Waals surface area contributed by atoms with E-state index >= 15 is 0 Å². The van der Waals surface area contributed by atoms with Gasteiger partial charge in [-0.2, -0.15) is 0 Å². The van der Waals surface area contributed by atoms with Crippen LogP contribution in [0.5, 0.6) is 5.75 Å². The Hall–Kier alpha value is -3.49. The van der Waals surface area contributed by atoms with Crippen LogP contribution in [0.25, 0.3) is 16.0 Å². The third-order valence-corrected chi connectivity index (χ3v) is 7.80. The Morgan fingerprint density at radius 1 is 1.06 bits per heavy atom. The molecule has 0 bridgehead atoms. The number of aliphatic hydroxyl groups excluding tert-OH is 1. The number of fused-ring (bicyclic) bond motifs is 1. The van der Waals surface area contributed by atoms with Crippen molar-refractivity contribution in [2.24, 2.45) is 0 Å². The van der Waals surface area contributed by atoms with Crippen LogP contribution >= 0.6 is 27.3 Å². The standard InChI is InChI=1S/C28H23BrN2O4S/c1-14-10-16(3)23-21(11-14)36-28(30-23)31-24(17-6-5-7-19(29)13-17)22(26(33)27(31)34)25(32)18-8-9-20(35-4)15(2)12-18/h5-13,24,32H,1-4H3. The summed E-state index contributed by atoms with van der Waals surface area (Å²) in [5, 5.41) is 11.8. The van der Waals surface area contributed by atoms with Gasteiger partial charge in [-0.25, -0.2) is 4.98 Å². The second-order valence-corrected chi connectivity index (χ2v) is 10.8. The topological polar surface area (TPSA) is 79.7 Å². The zero-order valence-corrected chi connectivity index (χ0v) is 22.5. The zero-order valence-electron chi connectivity index (χ0n) is 20.1. The summed E-state index contributed by atoms with van der Waals surface area (Å²) in [6, 6.07) is 15.8. The molecule has 1 N–H and O–H groups in total.